The number of hydrogen-bond donors (Lipinski definition) is 3. The van der Waals surface area contributed by atoms with E-state index in [1.807, 2.05) is 91.0 Å². The van der Waals surface area contributed by atoms with Crippen LogP contribution >= 0.6 is 11.3 Å². The summed E-state index contributed by atoms with van der Waals surface area (Å²) in [6.07, 6.45) is 1.21. The molecule has 3 aromatic carbocycles. The number of carbonyl (C=O) groups is 2. The average molecular weight is 527 g/mol. The van der Waals surface area contributed by atoms with E-state index in [1.54, 1.807) is 5.38 Å². The summed E-state index contributed by atoms with van der Waals surface area (Å²) in [5.41, 5.74) is 6.63. The van der Waals surface area contributed by atoms with Crippen molar-refractivity contribution in [2.45, 2.75) is 18.4 Å². The summed E-state index contributed by atoms with van der Waals surface area (Å²) in [5.74, 6) is -1.75. The molecule has 4 N–H and O–H groups in total. The number of hydrogen-bond acceptors (Lipinski definition) is 7. The van der Waals surface area contributed by atoms with E-state index in [0.29, 0.717) is 18.0 Å². The Hall–Kier alpha value is -4.50. The molecule has 0 saturated heterocycles. The summed E-state index contributed by atoms with van der Waals surface area (Å²) in [6, 6.07) is 30.1. The van der Waals surface area contributed by atoms with Crippen LogP contribution in [0, 0.1) is 5.41 Å². The van der Waals surface area contributed by atoms with Crippen LogP contribution < -0.4 is 11.1 Å². The maximum Gasteiger partial charge on any atom is 0.360 e. The van der Waals surface area contributed by atoms with Gasteiger partial charge in [-0.15, -0.1) is 11.3 Å². The van der Waals surface area contributed by atoms with Crippen LogP contribution in [0.4, 0.5) is 5.13 Å². The Morgan fingerprint density at radius 3 is 1.87 bits per heavy atom. The number of carboxylic acid groups (broad SMARTS) is 1. The summed E-state index contributed by atoms with van der Waals surface area (Å²) in [6.45, 7) is -0.0620. The van der Waals surface area contributed by atoms with Gasteiger partial charge in [-0.05, 0) is 29.5 Å². The second kappa shape index (κ2) is 10.5. The van der Waals surface area contributed by atoms with E-state index in [-0.39, 0.29) is 18.0 Å². The maximum atomic E-state index is 12.0. The molecule has 1 heterocycles. The molecule has 0 atom stereocenters. The van der Waals surface area contributed by atoms with Gasteiger partial charge >= 0.3 is 5.97 Å². The van der Waals surface area contributed by atoms with Crippen LogP contribution in [0.1, 0.15) is 35.2 Å². The lowest BCUT2D eigenvalue weighted by atomic mass is 9.77. The van der Waals surface area contributed by atoms with Gasteiger partial charge in [0, 0.05) is 5.38 Å². The van der Waals surface area contributed by atoms with Gasteiger partial charge in [0.2, 0.25) is 11.6 Å². The number of nitrogens with one attached hydrogen (secondary N) is 1. The first-order chi connectivity index (χ1) is 18.4. The van der Waals surface area contributed by atoms with Crippen molar-refractivity contribution in [3.63, 3.8) is 0 Å². The van der Waals surface area contributed by atoms with Crippen molar-refractivity contribution < 1.29 is 19.5 Å². The Balaban J connectivity index is 1.53. The van der Waals surface area contributed by atoms with E-state index in [9.17, 15) is 14.7 Å². The third-order valence-electron chi connectivity index (χ3n) is 6.74. The third-order valence-corrected chi connectivity index (χ3v) is 7.49. The van der Waals surface area contributed by atoms with Gasteiger partial charge in [-0.1, -0.05) is 96.2 Å². The molecular formula is C29H26N4O4S. The largest absolute Gasteiger partial charge is 0.476 e. The molecule has 5 rings (SSSR count). The molecule has 0 bridgehead atoms. The number of oxime groups is 1. The first-order valence-electron chi connectivity index (χ1n) is 12.1. The smallest absolute Gasteiger partial charge is 0.360 e. The van der Waals surface area contributed by atoms with Crippen LogP contribution in [-0.2, 0) is 20.0 Å². The highest BCUT2D eigenvalue weighted by Crippen LogP contribution is 2.45. The summed E-state index contributed by atoms with van der Waals surface area (Å²) in [5, 5.41) is 19.3. The average Bonchev–Trinajstić information content (AvgIpc) is 3.61. The van der Waals surface area contributed by atoms with Crippen molar-refractivity contribution in [2.75, 3.05) is 11.9 Å². The molecule has 1 saturated carbocycles. The van der Waals surface area contributed by atoms with Gasteiger partial charge in [0.1, 0.15) is 17.8 Å². The summed E-state index contributed by atoms with van der Waals surface area (Å²) < 4.78 is 0. The van der Waals surface area contributed by atoms with Crippen molar-refractivity contribution in [2.24, 2.45) is 16.3 Å². The molecule has 38 heavy (non-hydrogen) atoms. The summed E-state index contributed by atoms with van der Waals surface area (Å²) >= 11 is 1.27. The molecule has 1 fully saturated rings. The minimum absolute atomic E-state index is 0.0620. The Morgan fingerprint density at radius 1 is 0.947 bits per heavy atom. The molecule has 4 aromatic rings. The Morgan fingerprint density at radius 2 is 1.45 bits per heavy atom. The highest BCUT2D eigenvalue weighted by molar-refractivity contribution is 7.14. The number of rotatable bonds is 11. The predicted octanol–water partition coefficient (Wildman–Crippen LogP) is 4.62. The number of primary amides is 1. The van der Waals surface area contributed by atoms with Gasteiger partial charge in [0.05, 0.1) is 5.41 Å². The molecule has 1 amide bonds. The van der Waals surface area contributed by atoms with Gasteiger partial charge in [0.25, 0.3) is 0 Å². The second-order valence-electron chi connectivity index (χ2n) is 9.17. The van der Waals surface area contributed by atoms with Gasteiger partial charge in [-0.2, -0.15) is 0 Å². The number of benzene rings is 3. The number of aliphatic carboxylic acids is 1. The summed E-state index contributed by atoms with van der Waals surface area (Å²) in [4.78, 5) is 33.5. The van der Waals surface area contributed by atoms with Crippen LogP contribution in [0.15, 0.2) is 102 Å². The van der Waals surface area contributed by atoms with Gasteiger partial charge in [-0.3, -0.25) is 4.79 Å². The fourth-order valence-corrected chi connectivity index (χ4v) is 5.16. The van der Waals surface area contributed by atoms with Crippen molar-refractivity contribution in [3.05, 3.63) is 119 Å². The normalized spacial score (nSPS) is 14.5. The highest BCUT2D eigenvalue weighted by Gasteiger charge is 2.49. The van der Waals surface area contributed by atoms with Crippen LogP contribution in [0.3, 0.4) is 0 Å². The molecule has 0 unspecified atom stereocenters. The van der Waals surface area contributed by atoms with Crippen molar-refractivity contribution in [1.82, 2.24) is 4.98 Å². The number of amides is 1. The minimum atomic E-state index is -1.29. The lowest BCUT2D eigenvalue weighted by molar-refractivity contribution is -0.129. The molecule has 0 aliphatic heterocycles. The number of nitrogens with two attached hydrogens (primary N) is 1. The number of anilines is 1. The molecular weight excluding hydrogens is 500 g/mol. The number of carboxylic acids is 1. The fourth-order valence-electron chi connectivity index (χ4n) is 4.41. The summed E-state index contributed by atoms with van der Waals surface area (Å²) in [7, 11) is 0. The van der Waals surface area contributed by atoms with Crippen LogP contribution in [0.25, 0.3) is 0 Å². The monoisotopic (exact) mass is 526 g/mol. The van der Waals surface area contributed by atoms with Crippen molar-refractivity contribution in [1.29, 1.82) is 0 Å². The topological polar surface area (TPSA) is 127 Å². The zero-order valence-corrected chi connectivity index (χ0v) is 21.2. The van der Waals surface area contributed by atoms with E-state index in [1.165, 1.54) is 11.3 Å². The van der Waals surface area contributed by atoms with E-state index in [0.717, 1.165) is 16.7 Å². The Bertz CT molecular complexity index is 1360. The molecule has 1 aliphatic carbocycles. The van der Waals surface area contributed by atoms with Crippen molar-refractivity contribution >= 4 is 34.1 Å². The first-order valence-corrected chi connectivity index (χ1v) is 13.0. The number of carbonyl (C=O) groups excluding carboxylic acids is 1. The molecule has 0 spiro atoms. The zero-order valence-electron chi connectivity index (χ0n) is 20.4. The molecule has 1 aliphatic rings. The fraction of sp³-hybridized carbons (Fsp3) is 0.172. The molecule has 9 heteroatoms. The van der Waals surface area contributed by atoms with Crippen LogP contribution in [0.2, 0.25) is 0 Å². The van der Waals surface area contributed by atoms with E-state index < -0.39 is 22.8 Å². The van der Waals surface area contributed by atoms with Crippen LogP contribution in [0.5, 0.6) is 0 Å². The minimum Gasteiger partial charge on any atom is -0.476 e. The zero-order chi connectivity index (χ0) is 26.6. The number of aromatic nitrogens is 1. The van der Waals surface area contributed by atoms with E-state index in [2.05, 4.69) is 15.5 Å². The van der Waals surface area contributed by atoms with Gasteiger partial charge in [0.15, 0.2) is 5.13 Å². The lowest BCUT2D eigenvalue weighted by Crippen LogP contribution is -2.38. The molecule has 192 valence electrons. The number of thiazole rings is 1. The first kappa shape index (κ1) is 25.2. The van der Waals surface area contributed by atoms with Gasteiger partial charge < -0.3 is 21.0 Å². The van der Waals surface area contributed by atoms with Crippen molar-refractivity contribution in [3.8, 4) is 0 Å². The van der Waals surface area contributed by atoms with E-state index in [4.69, 9.17) is 10.6 Å². The Labute approximate surface area is 223 Å². The molecule has 1 aromatic heterocycles. The Kier molecular flexibility index (Phi) is 6.93. The molecule has 8 nitrogen and oxygen atoms in total. The standard InChI is InChI=1S/C29H26N4O4S/c30-26(36)28(16-17-28)19-37-33-24(25(34)35)23-18-38-27(31-23)32-29(20-10-4-1-5-11-20,21-12-6-2-7-13-21)22-14-8-3-9-15-22/h1-15,18H,16-17,19H2,(H2,30,36)(H,31,32)(H,34,35)/b33-24-. The van der Waals surface area contributed by atoms with E-state index >= 15 is 0 Å². The van der Waals surface area contributed by atoms with Gasteiger partial charge in [-0.25, -0.2) is 9.78 Å². The third kappa shape index (κ3) is 4.88. The molecule has 0 radical (unpaired) electrons. The predicted molar refractivity (Wildman–Crippen MR) is 146 cm³/mol. The quantitative estimate of drug-likeness (QED) is 0.149. The lowest BCUT2D eigenvalue weighted by Gasteiger charge is -2.36. The highest BCUT2D eigenvalue weighted by atomic mass is 32.1. The number of nitrogens with zero attached hydrogens (tertiary/aromatic N) is 2. The second-order valence-corrected chi connectivity index (χ2v) is 10.0. The van der Waals surface area contributed by atoms with Crippen LogP contribution in [-0.4, -0.2) is 34.3 Å². The maximum absolute atomic E-state index is 12.0. The SMILES string of the molecule is NC(=O)C1(CO/N=C(\C(=O)O)c2csc(NC(c3ccccc3)(c3ccccc3)c3ccccc3)n2)CC1.